The summed E-state index contributed by atoms with van der Waals surface area (Å²) in [5.41, 5.74) is 3.35. The first-order valence-corrected chi connectivity index (χ1v) is 5.08. The van der Waals surface area contributed by atoms with E-state index < -0.39 is 0 Å². The minimum atomic E-state index is 0.0445. The van der Waals surface area contributed by atoms with E-state index in [1.165, 1.54) is 11.1 Å². The first kappa shape index (κ1) is 11.0. The number of benzene rings is 1. The molecule has 1 aromatic rings. The zero-order chi connectivity index (χ0) is 10.8. The molecule has 0 fully saturated rings. The molecule has 0 aromatic heterocycles. The van der Waals surface area contributed by atoms with Gasteiger partial charge in [-0.3, -0.25) is 4.79 Å². The molecule has 0 aliphatic heterocycles. The Morgan fingerprint density at radius 1 is 1.29 bits per heavy atom. The molecule has 0 unspecified atom stereocenters. The highest BCUT2D eigenvalue weighted by Crippen LogP contribution is 2.28. The first-order valence-electron chi connectivity index (χ1n) is 5.08. The molecule has 0 spiro atoms. The Morgan fingerprint density at radius 2 is 1.93 bits per heavy atom. The van der Waals surface area contributed by atoms with Crippen molar-refractivity contribution in [2.24, 2.45) is 0 Å². The highest BCUT2D eigenvalue weighted by Gasteiger charge is 2.20. The third kappa shape index (κ3) is 2.03. The summed E-state index contributed by atoms with van der Waals surface area (Å²) in [6.45, 7) is 8.57. The van der Waals surface area contributed by atoms with Crippen LogP contribution in [-0.2, 0) is 11.8 Å². The average molecular weight is 190 g/mol. The lowest BCUT2D eigenvalue weighted by Gasteiger charge is -2.24. The van der Waals surface area contributed by atoms with Gasteiger partial charge >= 0.3 is 0 Å². The smallest absolute Gasteiger partial charge is 0.150 e. The maximum atomic E-state index is 10.9. The molecule has 0 amide bonds. The van der Waals surface area contributed by atoms with E-state index in [0.717, 1.165) is 18.3 Å². The molecule has 0 heterocycles. The van der Waals surface area contributed by atoms with Gasteiger partial charge in [0.25, 0.3) is 0 Å². The van der Waals surface area contributed by atoms with E-state index in [1.807, 2.05) is 12.1 Å². The number of carbonyl (C=O) groups excluding carboxylic acids is 1. The summed E-state index contributed by atoms with van der Waals surface area (Å²) in [4.78, 5) is 10.9. The molecule has 1 rings (SSSR count). The van der Waals surface area contributed by atoms with Crippen LogP contribution in [0.25, 0.3) is 0 Å². The quantitative estimate of drug-likeness (QED) is 0.653. The lowest BCUT2D eigenvalue weighted by atomic mass is 9.80. The summed E-state index contributed by atoms with van der Waals surface area (Å²) < 4.78 is 0. The van der Waals surface area contributed by atoms with Crippen LogP contribution in [0.1, 0.15) is 49.2 Å². The Kier molecular flexibility index (Phi) is 3.10. The van der Waals surface area contributed by atoms with Gasteiger partial charge in [0.2, 0.25) is 0 Å². The largest absolute Gasteiger partial charge is 0.298 e. The van der Waals surface area contributed by atoms with Crippen LogP contribution >= 0.6 is 0 Å². The standard InChI is InChI=1S/C13H18O/c1-5-10-7-6-8-11(9-14)12(10)13(2,3)4/h6-9H,5H2,1-4H3. The molecule has 0 bridgehead atoms. The van der Waals surface area contributed by atoms with Gasteiger partial charge in [-0.25, -0.2) is 0 Å². The van der Waals surface area contributed by atoms with Gasteiger partial charge in [0.15, 0.2) is 0 Å². The van der Waals surface area contributed by atoms with Crippen LogP contribution in [0.2, 0.25) is 0 Å². The van der Waals surface area contributed by atoms with Gasteiger partial charge in [-0.1, -0.05) is 45.9 Å². The Labute approximate surface area is 86.1 Å². The second-order valence-corrected chi connectivity index (χ2v) is 4.60. The highest BCUT2D eigenvalue weighted by atomic mass is 16.1. The van der Waals surface area contributed by atoms with Gasteiger partial charge in [-0.15, -0.1) is 0 Å². The molecule has 76 valence electrons. The molecule has 0 atom stereocenters. The number of aldehydes is 1. The number of aryl methyl sites for hydroxylation is 1. The van der Waals surface area contributed by atoms with Gasteiger partial charge in [-0.05, 0) is 23.0 Å². The second-order valence-electron chi connectivity index (χ2n) is 4.60. The molecule has 1 heteroatoms. The Bertz CT molecular complexity index is 332. The van der Waals surface area contributed by atoms with Crippen LogP contribution in [0.15, 0.2) is 18.2 Å². The third-order valence-corrected chi connectivity index (χ3v) is 2.44. The van der Waals surface area contributed by atoms with E-state index in [9.17, 15) is 4.79 Å². The van der Waals surface area contributed by atoms with Crippen molar-refractivity contribution >= 4 is 6.29 Å². The number of hydrogen-bond acceptors (Lipinski definition) is 1. The van der Waals surface area contributed by atoms with Gasteiger partial charge in [0.1, 0.15) is 6.29 Å². The topological polar surface area (TPSA) is 17.1 Å². The van der Waals surface area contributed by atoms with Crippen LogP contribution in [0.3, 0.4) is 0 Å². The van der Waals surface area contributed by atoms with Crippen molar-refractivity contribution in [2.45, 2.75) is 39.5 Å². The van der Waals surface area contributed by atoms with E-state index in [4.69, 9.17) is 0 Å². The van der Waals surface area contributed by atoms with Crippen LogP contribution < -0.4 is 0 Å². The fourth-order valence-corrected chi connectivity index (χ4v) is 1.93. The predicted molar refractivity (Wildman–Crippen MR) is 59.9 cm³/mol. The lowest BCUT2D eigenvalue weighted by molar-refractivity contribution is 0.112. The normalized spacial score (nSPS) is 11.4. The zero-order valence-electron chi connectivity index (χ0n) is 9.42. The molecule has 0 N–H and O–H groups in total. The Morgan fingerprint density at radius 3 is 2.36 bits per heavy atom. The van der Waals surface area contributed by atoms with Gasteiger partial charge in [0.05, 0.1) is 0 Å². The first-order chi connectivity index (χ1) is 6.50. The second kappa shape index (κ2) is 3.95. The predicted octanol–water partition coefficient (Wildman–Crippen LogP) is 3.36. The fourth-order valence-electron chi connectivity index (χ4n) is 1.93. The van der Waals surface area contributed by atoms with Crippen molar-refractivity contribution in [3.8, 4) is 0 Å². The van der Waals surface area contributed by atoms with Gasteiger partial charge < -0.3 is 0 Å². The zero-order valence-corrected chi connectivity index (χ0v) is 9.42. The summed E-state index contributed by atoms with van der Waals surface area (Å²) in [5, 5.41) is 0. The number of carbonyl (C=O) groups is 1. The van der Waals surface area contributed by atoms with Crippen molar-refractivity contribution in [2.75, 3.05) is 0 Å². The highest BCUT2D eigenvalue weighted by molar-refractivity contribution is 5.78. The summed E-state index contributed by atoms with van der Waals surface area (Å²) in [7, 11) is 0. The van der Waals surface area contributed by atoms with Crippen LogP contribution in [0.5, 0.6) is 0 Å². The van der Waals surface area contributed by atoms with Gasteiger partial charge in [0, 0.05) is 5.56 Å². The lowest BCUT2D eigenvalue weighted by Crippen LogP contribution is -2.16. The van der Waals surface area contributed by atoms with E-state index in [-0.39, 0.29) is 5.41 Å². The van der Waals surface area contributed by atoms with Crippen molar-refractivity contribution in [3.63, 3.8) is 0 Å². The van der Waals surface area contributed by atoms with Gasteiger partial charge in [-0.2, -0.15) is 0 Å². The van der Waals surface area contributed by atoms with E-state index in [1.54, 1.807) is 0 Å². The molecule has 1 nitrogen and oxygen atoms in total. The molecule has 14 heavy (non-hydrogen) atoms. The monoisotopic (exact) mass is 190 g/mol. The van der Waals surface area contributed by atoms with Crippen LogP contribution in [0.4, 0.5) is 0 Å². The van der Waals surface area contributed by atoms with Crippen molar-refractivity contribution in [3.05, 3.63) is 34.9 Å². The number of rotatable bonds is 2. The van der Waals surface area contributed by atoms with Crippen LogP contribution in [0, 0.1) is 0 Å². The maximum absolute atomic E-state index is 10.9. The molecule has 1 aromatic carbocycles. The van der Waals surface area contributed by atoms with E-state index in [0.29, 0.717) is 0 Å². The van der Waals surface area contributed by atoms with Crippen molar-refractivity contribution in [1.29, 1.82) is 0 Å². The minimum absolute atomic E-state index is 0.0445. The Hall–Kier alpha value is -1.11. The maximum Gasteiger partial charge on any atom is 0.150 e. The summed E-state index contributed by atoms with van der Waals surface area (Å²) in [6, 6.07) is 5.96. The van der Waals surface area contributed by atoms with Crippen LogP contribution in [-0.4, -0.2) is 6.29 Å². The summed E-state index contributed by atoms with van der Waals surface area (Å²) >= 11 is 0. The molecule has 0 aliphatic rings. The molecule has 0 radical (unpaired) electrons. The molecular formula is C13H18O. The van der Waals surface area contributed by atoms with E-state index >= 15 is 0 Å². The van der Waals surface area contributed by atoms with Crippen molar-refractivity contribution in [1.82, 2.24) is 0 Å². The molecular weight excluding hydrogens is 172 g/mol. The SMILES string of the molecule is CCc1cccc(C=O)c1C(C)(C)C. The molecule has 0 saturated carbocycles. The summed E-state index contributed by atoms with van der Waals surface area (Å²) in [6.07, 6.45) is 1.94. The minimum Gasteiger partial charge on any atom is -0.298 e. The molecule has 0 aliphatic carbocycles. The summed E-state index contributed by atoms with van der Waals surface area (Å²) in [5.74, 6) is 0. The van der Waals surface area contributed by atoms with Crippen molar-refractivity contribution < 1.29 is 4.79 Å². The third-order valence-electron chi connectivity index (χ3n) is 2.44. The molecule has 0 saturated heterocycles. The average Bonchev–Trinajstić information content (AvgIpc) is 2.15. The fraction of sp³-hybridized carbons (Fsp3) is 0.462. The number of hydrogen-bond donors (Lipinski definition) is 0. The Balaban J connectivity index is 3.41. The van der Waals surface area contributed by atoms with E-state index in [2.05, 4.69) is 33.8 Å².